The number of benzene rings is 1. The minimum absolute atomic E-state index is 0.0318. The molecule has 0 spiro atoms. The van der Waals surface area contributed by atoms with Crippen LogP contribution in [0, 0.1) is 0 Å². The van der Waals surface area contributed by atoms with Crippen molar-refractivity contribution in [2.75, 3.05) is 0 Å². The van der Waals surface area contributed by atoms with Crippen molar-refractivity contribution in [3.63, 3.8) is 0 Å². The van der Waals surface area contributed by atoms with Crippen molar-refractivity contribution in [2.24, 2.45) is 0 Å². The summed E-state index contributed by atoms with van der Waals surface area (Å²) in [6.07, 6.45) is -1.94. The molecule has 106 valence electrons. The molecule has 1 aromatic carbocycles. The number of amides is 2. The molecular weight excluding hydrogens is 266 g/mol. The summed E-state index contributed by atoms with van der Waals surface area (Å²) in [4.78, 5) is 35.2. The highest BCUT2D eigenvalue weighted by Gasteiger charge is 2.44. The molecule has 7 nitrogen and oxygen atoms in total. The number of likely N-dealkylation sites (tertiary alicyclic amines) is 1. The Morgan fingerprint density at radius 2 is 1.90 bits per heavy atom. The van der Waals surface area contributed by atoms with Gasteiger partial charge in [0.05, 0.1) is 6.42 Å². The Hall–Kier alpha value is -2.41. The Bertz CT molecular complexity index is 552. The summed E-state index contributed by atoms with van der Waals surface area (Å²) in [5, 5.41) is 27.7. The number of phenols is 1. The van der Waals surface area contributed by atoms with Crippen molar-refractivity contribution < 1.29 is 29.7 Å². The van der Waals surface area contributed by atoms with E-state index in [2.05, 4.69) is 0 Å². The van der Waals surface area contributed by atoms with Crippen molar-refractivity contribution in [1.82, 2.24) is 4.90 Å². The third-order valence-electron chi connectivity index (χ3n) is 3.12. The summed E-state index contributed by atoms with van der Waals surface area (Å²) in [5.41, 5.74) is 0.553. The number of aliphatic hydroxyl groups excluding tert-OH is 1. The number of aliphatic carboxylic acids is 1. The summed E-state index contributed by atoms with van der Waals surface area (Å²) in [6, 6.07) is 4.42. The number of carbonyl (C=O) groups is 3. The molecule has 1 aliphatic heterocycles. The molecule has 1 aromatic rings. The van der Waals surface area contributed by atoms with Gasteiger partial charge in [0, 0.05) is 6.42 Å². The molecule has 0 aromatic heterocycles. The van der Waals surface area contributed by atoms with E-state index in [4.69, 9.17) is 5.11 Å². The average molecular weight is 279 g/mol. The van der Waals surface area contributed by atoms with Gasteiger partial charge in [-0.15, -0.1) is 0 Å². The van der Waals surface area contributed by atoms with Crippen LogP contribution in [-0.4, -0.2) is 50.1 Å². The van der Waals surface area contributed by atoms with Gasteiger partial charge in [0.2, 0.25) is 5.91 Å². The molecule has 1 fully saturated rings. The maximum absolute atomic E-state index is 11.7. The van der Waals surface area contributed by atoms with E-state index in [-0.39, 0.29) is 12.2 Å². The quantitative estimate of drug-likeness (QED) is 0.640. The molecule has 20 heavy (non-hydrogen) atoms. The van der Waals surface area contributed by atoms with Gasteiger partial charge in [0.1, 0.15) is 17.9 Å². The number of imide groups is 1. The first-order chi connectivity index (χ1) is 9.40. The molecule has 2 rings (SSSR count). The Balaban J connectivity index is 2.24. The van der Waals surface area contributed by atoms with Crippen LogP contribution in [0.15, 0.2) is 24.3 Å². The summed E-state index contributed by atoms with van der Waals surface area (Å²) in [6.45, 7) is 0. The second-order valence-corrected chi connectivity index (χ2v) is 4.55. The van der Waals surface area contributed by atoms with E-state index in [9.17, 15) is 24.6 Å². The maximum atomic E-state index is 11.7. The van der Waals surface area contributed by atoms with E-state index in [0.717, 1.165) is 0 Å². The molecule has 7 heteroatoms. The smallest absolute Gasteiger partial charge is 0.327 e. The summed E-state index contributed by atoms with van der Waals surface area (Å²) < 4.78 is 0. The first kappa shape index (κ1) is 14.0. The van der Waals surface area contributed by atoms with E-state index < -0.39 is 36.4 Å². The molecule has 0 bridgehead atoms. The number of carboxylic acids is 1. The van der Waals surface area contributed by atoms with E-state index >= 15 is 0 Å². The molecule has 0 unspecified atom stereocenters. The highest BCUT2D eigenvalue weighted by atomic mass is 16.4. The highest BCUT2D eigenvalue weighted by Crippen LogP contribution is 2.20. The lowest BCUT2D eigenvalue weighted by Crippen LogP contribution is -2.47. The standard InChI is InChI=1S/C13H13NO6/c15-8-3-1-7(2-4-8)5-9(13(19)20)14-11(17)6-10(16)12(14)18/h1-4,9-10,15-16H,5-6H2,(H,19,20)/t9-,10-/m0/s1. The van der Waals surface area contributed by atoms with Gasteiger partial charge >= 0.3 is 5.97 Å². The van der Waals surface area contributed by atoms with Crippen LogP contribution in [0.25, 0.3) is 0 Å². The monoisotopic (exact) mass is 279 g/mol. The van der Waals surface area contributed by atoms with Gasteiger partial charge < -0.3 is 15.3 Å². The van der Waals surface area contributed by atoms with Crippen LogP contribution in [0.3, 0.4) is 0 Å². The lowest BCUT2D eigenvalue weighted by atomic mass is 10.0. The number of aromatic hydroxyl groups is 1. The predicted molar refractivity (Wildman–Crippen MR) is 65.7 cm³/mol. The lowest BCUT2D eigenvalue weighted by Gasteiger charge is -2.22. The molecule has 2 amide bonds. The molecule has 0 radical (unpaired) electrons. The Morgan fingerprint density at radius 3 is 2.35 bits per heavy atom. The third kappa shape index (κ3) is 2.62. The minimum atomic E-state index is -1.47. The topological polar surface area (TPSA) is 115 Å². The normalized spacial score (nSPS) is 20.2. The fourth-order valence-corrected chi connectivity index (χ4v) is 2.11. The Kier molecular flexibility index (Phi) is 3.71. The number of rotatable bonds is 4. The largest absolute Gasteiger partial charge is 0.508 e. The van der Waals surface area contributed by atoms with Crippen LogP contribution in [0.5, 0.6) is 5.75 Å². The fourth-order valence-electron chi connectivity index (χ4n) is 2.11. The van der Waals surface area contributed by atoms with Crippen LogP contribution >= 0.6 is 0 Å². The summed E-state index contributed by atoms with van der Waals surface area (Å²) in [5.74, 6) is -2.88. The number of carboxylic acid groups (broad SMARTS) is 1. The molecule has 3 N–H and O–H groups in total. The first-order valence-electron chi connectivity index (χ1n) is 5.95. The second-order valence-electron chi connectivity index (χ2n) is 4.55. The van der Waals surface area contributed by atoms with Gasteiger partial charge in [0.25, 0.3) is 5.91 Å². The van der Waals surface area contributed by atoms with E-state index in [1.165, 1.54) is 24.3 Å². The molecule has 0 aliphatic carbocycles. The van der Waals surface area contributed by atoms with Crippen molar-refractivity contribution in [2.45, 2.75) is 25.0 Å². The zero-order chi connectivity index (χ0) is 14.9. The first-order valence-corrected chi connectivity index (χ1v) is 5.95. The van der Waals surface area contributed by atoms with Crippen molar-refractivity contribution in [3.8, 4) is 5.75 Å². The Morgan fingerprint density at radius 1 is 1.30 bits per heavy atom. The van der Waals surface area contributed by atoms with E-state index in [0.29, 0.717) is 10.5 Å². The number of carbonyl (C=O) groups excluding carboxylic acids is 2. The van der Waals surface area contributed by atoms with Crippen LogP contribution in [-0.2, 0) is 20.8 Å². The van der Waals surface area contributed by atoms with Gasteiger partial charge in [-0.1, -0.05) is 12.1 Å². The second kappa shape index (κ2) is 5.30. The van der Waals surface area contributed by atoms with Gasteiger partial charge in [0.15, 0.2) is 0 Å². The SMILES string of the molecule is O=C(O)[C@H](Cc1ccc(O)cc1)N1C(=O)C[C@H](O)C1=O. The van der Waals surface area contributed by atoms with Crippen molar-refractivity contribution in [3.05, 3.63) is 29.8 Å². The minimum Gasteiger partial charge on any atom is -0.508 e. The summed E-state index contributed by atoms with van der Waals surface area (Å²) >= 11 is 0. The Labute approximate surface area is 114 Å². The van der Waals surface area contributed by atoms with Gasteiger partial charge in [-0.25, -0.2) is 4.79 Å². The van der Waals surface area contributed by atoms with Crippen LogP contribution in [0.2, 0.25) is 0 Å². The van der Waals surface area contributed by atoms with Gasteiger partial charge in [-0.3, -0.25) is 14.5 Å². The number of nitrogens with zero attached hydrogens (tertiary/aromatic N) is 1. The molecule has 0 saturated carbocycles. The number of hydrogen-bond acceptors (Lipinski definition) is 5. The molecule has 2 atom stereocenters. The lowest BCUT2D eigenvalue weighted by molar-refractivity contribution is -0.155. The van der Waals surface area contributed by atoms with Gasteiger partial charge in [-0.2, -0.15) is 0 Å². The predicted octanol–water partition coefficient (Wildman–Crippen LogP) is -0.492. The molecule has 1 saturated heterocycles. The van der Waals surface area contributed by atoms with Gasteiger partial charge in [-0.05, 0) is 17.7 Å². The van der Waals surface area contributed by atoms with Crippen LogP contribution < -0.4 is 0 Å². The van der Waals surface area contributed by atoms with Crippen molar-refractivity contribution in [1.29, 1.82) is 0 Å². The van der Waals surface area contributed by atoms with E-state index in [1.807, 2.05) is 0 Å². The zero-order valence-electron chi connectivity index (χ0n) is 10.4. The highest BCUT2D eigenvalue weighted by molar-refractivity contribution is 6.07. The molecule has 1 aliphatic rings. The molecular formula is C13H13NO6. The summed E-state index contributed by atoms with van der Waals surface area (Å²) in [7, 11) is 0. The third-order valence-corrected chi connectivity index (χ3v) is 3.12. The fraction of sp³-hybridized carbons (Fsp3) is 0.308. The van der Waals surface area contributed by atoms with Crippen molar-refractivity contribution >= 4 is 17.8 Å². The maximum Gasteiger partial charge on any atom is 0.327 e. The number of phenolic OH excluding ortho intramolecular Hbond substituents is 1. The zero-order valence-corrected chi connectivity index (χ0v) is 10.4. The molecule has 1 heterocycles. The van der Waals surface area contributed by atoms with Crippen LogP contribution in [0.4, 0.5) is 0 Å². The average Bonchev–Trinajstić information content (AvgIpc) is 2.63. The van der Waals surface area contributed by atoms with E-state index in [1.54, 1.807) is 0 Å². The number of hydrogen-bond donors (Lipinski definition) is 3. The van der Waals surface area contributed by atoms with Crippen LogP contribution in [0.1, 0.15) is 12.0 Å². The number of aliphatic hydroxyl groups is 1.